The number of aromatic nitrogens is 2. The molecule has 1 rings (SSSR count). The number of hydrogen-bond donors (Lipinski definition) is 3. The van der Waals surface area contributed by atoms with Crippen molar-refractivity contribution in [3.05, 3.63) is 11.8 Å². The van der Waals surface area contributed by atoms with Crippen LogP contribution in [0.5, 0.6) is 0 Å². The third-order valence-corrected chi connectivity index (χ3v) is 2.50. The number of carbonyl (C=O) groups is 2. The van der Waals surface area contributed by atoms with Crippen molar-refractivity contribution in [3.63, 3.8) is 0 Å². The molecule has 0 radical (unpaired) electrons. The highest BCUT2D eigenvalue weighted by Gasteiger charge is 2.18. The average Bonchev–Trinajstić information content (AvgIpc) is 2.79. The molecule has 0 fully saturated rings. The van der Waals surface area contributed by atoms with Gasteiger partial charge in [-0.3, -0.25) is 15.2 Å². The minimum atomic E-state index is -0.581. The van der Waals surface area contributed by atoms with E-state index in [0.717, 1.165) is 0 Å². The molecule has 0 spiro atoms. The van der Waals surface area contributed by atoms with Gasteiger partial charge in [-0.25, -0.2) is 4.79 Å². The zero-order chi connectivity index (χ0) is 16.0. The molecule has 1 aromatic rings. The summed E-state index contributed by atoms with van der Waals surface area (Å²) in [7, 11) is 1.33. The molecule has 1 unspecified atom stereocenters. The summed E-state index contributed by atoms with van der Waals surface area (Å²) >= 11 is 0. The Labute approximate surface area is 123 Å². The first-order chi connectivity index (χ1) is 9.73. The molecule has 118 valence electrons. The molecule has 3 N–H and O–H groups in total. The summed E-state index contributed by atoms with van der Waals surface area (Å²) in [6, 6.07) is -0.459. The Kier molecular flexibility index (Phi) is 5.71. The number of carbonyl (C=O) groups excluding carboxylic acids is 2. The fourth-order valence-corrected chi connectivity index (χ4v) is 1.48. The Balaban J connectivity index is 2.57. The third-order valence-electron chi connectivity index (χ3n) is 2.50. The van der Waals surface area contributed by atoms with Crippen LogP contribution < -0.4 is 10.6 Å². The van der Waals surface area contributed by atoms with Crippen molar-refractivity contribution >= 4 is 17.9 Å². The second-order valence-corrected chi connectivity index (χ2v) is 5.52. The van der Waals surface area contributed by atoms with Gasteiger partial charge in [0.15, 0.2) is 0 Å². The SMILES string of the molecule is COC(=O)C(C)NCc1cn[nH]c1NC(=O)OC(C)(C)C. The van der Waals surface area contributed by atoms with Crippen LogP contribution in [0.2, 0.25) is 0 Å². The van der Waals surface area contributed by atoms with E-state index < -0.39 is 17.7 Å². The van der Waals surface area contributed by atoms with E-state index in [9.17, 15) is 9.59 Å². The van der Waals surface area contributed by atoms with Gasteiger partial charge in [-0.1, -0.05) is 0 Å². The van der Waals surface area contributed by atoms with E-state index in [0.29, 0.717) is 17.9 Å². The van der Waals surface area contributed by atoms with Crippen LogP contribution in [0.4, 0.5) is 10.6 Å². The van der Waals surface area contributed by atoms with Gasteiger partial charge in [-0.05, 0) is 27.7 Å². The lowest BCUT2D eigenvalue weighted by Crippen LogP contribution is -2.34. The number of aromatic amines is 1. The van der Waals surface area contributed by atoms with Crippen molar-refractivity contribution in [2.75, 3.05) is 12.4 Å². The van der Waals surface area contributed by atoms with E-state index in [2.05, 4.69) is 25.6 Å². The predicted octanol–water partition coefficient (Wildman–Crippen LogP) is 1.41. The van der Waals surface area contributed by atoms with Crippen molar-refractivity contribution in [1.29, 1.82) is 0 Å². The lowest BCUT2D eigenvalue weighted by Gasteiger charge is -2.19. The van der Waals surface area contributed by atoms with E-state index in [1.54, 1.807) is 33.9 Å². The van der Waals surface area contributed by atoms with Gasteiger partial charge in [0.1, 0.15) is 17.5 Å². The highest BCUT2D eigenvalue weighted by atomic mass is 16.6. The van der Waals surface area contributed by atoms with Crippen molar-refractivity contribution in [3.8, 4) is 0 Å². The quantitative estimate of drug-likeness (QED) is 0.710. The van der Waals surface area contributed by atoms with Gasteiger partial charge in [0.05, 0.1) is 13.3 Å². The standard InChI is InChI=1S/C13H22N4O4/c1-8(11(18)20-5)14-6-9-7-15-17-10(9)16-12(19)21-13(2,3)4/h7-8,14H,6H2,1-5H3,(H2,15,16,17,19). The largest absolute Gasteiger partial charge is 0.468 e. The van der Waals surface area contributed by atoms with E-state index >= 15 is 0 Å². The van der Waals surface area contributed by atoms with Gasteiger partial charge in [0.2, 0.25) is 0 Å². The molecule has 0 aliphatic rings. The molecule has 8 heteroatoms. The number of nitrogens with one attached hydrogen (secondary N) is 3. The summed E-state index contributed by atoms with van der Waals surface area (Å²) < 4.78 is 9.77. The summed E-state index contributed by atoms with van der Waals surface area (Å²) in [6.07, 6.45) is 0.984. The van der Waals surface area contributed by atoms with E-state index in [-0.39, 0.29) is 5.97 Å². The molecule has 0 saturated carbocycles. The van der Waals surface area contributed by atoms with Gasteiger partial charge < -0.3 is 14.8 Å². The molecule has 8 nitrogen and oxygen atoms in total. The monoisotopic (exact) mass is 298 g/mol. The maximum atomic E-state index is 11.7. The van der Waals surface area contributed by atoms with Crippen molar-refractivity contribution in [2.45, 2.75) is 45.9 Å². The lowest BCUT2D eigenvalue weighted by molar-refractivity contribution is -0.142. The highest BCUT2D eigenvalue weighted by Crippen LogP contribution is 2.14. The molecule has 0 aliphatic carbocycles. The van der Waals surface area contributed by atoms with Crippen molar-refractivity contribution < 1.29 is 19.1 Å². The second kappa shape index (κ2) is 7.07. The zero-order valence-corrected chi connectivity index (χ0v) is 12.9. The van der Waals surface area contributed by atoms with Gasteiger partial charge in [-0.2, -0.15) is 5.10 Å². The minimum Gasteiger partial charge on any atom is -0.468 e. The number of ether oxygens (including phenoxy) is 2. The Morgan fingerprint density at radius 3 is 2.67 bits per heavy atom. The van der Waals surface area contributed by atoms with Crippen molar-refractivity contribution in [1.82, 2.24) is 15.5 Å². The molecule has 1 heterocycles. The molecule has 0 bridgehead atoms. The smallest absolute Gasteiger partial charge is 0.413 e. The fraction of sp³-hybridized carbons (Fsp3) is 0.615. The lowest BCUT2D eigenvalue weighted by atomic mass is 10.2. The number of methoxy groups -OCH3 is 1. The topological polar surface area (TPSA) is 105 Å². The van der Waals surface area contributed by atoms with Crippen LogP contribution in [-0.2, 0) is 20.8 Å². The molecule has 0 saturated heterocycles. The summed E-state index contributed by atoms with van der Waals surface area (Å²) in [5.41, 5.74) is 0.124. The number of amides is 1. The first-order valence-corrected chi connectivity index (χ1v) is 6.56. The van der Waals surface area contributed by atoms with E-state index in [4.69, 9.17) is 4.74 Å². The first kappa shape index (κ1) is 17.0. The highest BCUT2D eigenvalue weighted by molar-refractivity contribution is 5.84. The summed E-state index contributed by atoms with van der Waals surface area (Å²) in [6.45, 7) is 7.37. The number of hydrogen-bond acceptors (Lipinski definition) is 6. The molecule has 1 aromatic heterocycles. The molecule has 1 atom stereocenters. The average molecular weight is 298 g/mol. The maximum absolute atomic E-state index is 11.7. The zero-order valence-electron chi connectivity index (χ0n) is 12.9. The van der Waals surface area contributed by atoms with Crippen LogP contribution in [0.3, 0.4) is 0 Å². The number of rotatable bonds is 5. The van der Waals surface area contributed by atoms with Gasteiger partial charge in [-0.15, -0.1) is 0 Å². The minimum absolute atomic E-state index is 0.345. The van der Waals surface area contributed by atoms with Crippen LogP contribution in [0.1, 0.15) is 33.3 Å². The first-order valence-electron chi connectivity index (χ1n) is 6.56. The molecule has 0 aliphatic heterocycles. The van der Waals surface area contributed by atoms with Gasteiger partial charge in [0.25, 0.3) is 0 Å². The normalized spacial score (nSPS) is 12.6. The molecular formula is C13H22N4O4. The summed E-state index contributed by atoms with van der Waals surface area (Å²) in [5.74, 6) is 0.0639. The summed E-state index contributed by atoms with van der Waals surface area (Å²) in [5, 5.41) is 12.1. The Hall–Kier alpha value is -2.09. The predicted molar refractivity (Wildman–Crippen MR) is 76.8 cm³/mol. The Morgan fingerprint density at radius 2 is 2.10 bits per heavy atom. The van der Waals surface area contributed by atoms with Crippen molar-refractivity contribution in [2.24, 2.45) is 0 Å². The van der Waals surface area contributed by atoms with E-state index in [1.807, 2.05) is 0 Å². The molecule has 0 aromatic carbocycles. The molecule has 1 amide bonds. The van der Waals surface area contributed by atoms with Gasteiger partial charge >= 0.3 is 12.1 Å². The number of esters is 1. The van der Waals surface area contributed by atoms with Crippen LogP contribution in [0.15, 0.2) is 6.20 Å². The fourth-order valence-electron chi connectivity index (χ4n) is 1.48. The van der Waals surface area contributed by atoms with Crippen LogP contribution >= 0.6 is 0 Å². The van der Waals surface area contributed by atoms with Crippen LogP contribution in [0, 0.1) is 0 Å². The third kappa shape index (κ3) is 5.82. The van der Waals surface area contributed by atoms with E-state index in [1.165, 1.54) is 7.11 Å². The summed E-state index contributed by atoms with van der Waals surface area (Å²) in [4.78, 5) is 23.0. The second-order valence-electron chi connectivity index (χ2n) is 5.52. The number of H-pyrrole nitrogens is 1. The maximum Gasteiger partial charge on any atom is 0.413 e. The number of nitrogens with zero attached hydrogens (tertiary/aromatic N) is 1. The Morgan fingerprint density at radius 1 is 1.43 bits per heavy atom. The Bertz CT molecular complexity index is 493. The van der Waals surface area contributed by atoms with Gasteiger partial charge in [0, 0.05) is 12.1 Å². The van der Waals surface area contributed by atoms with Crippen LogP contribution in [0.25, 0.3) is 0 Å². The number of anilines is 1. The molecule has 21 heavy (non-hydrogen) atoms. The molecular weight excluding hydrogens is 276 g/mol. The van der Waals surface area contributed by atoms with Crippen LogP contribution in [-0.4, -0.2) is 41.0 Å².